The quantitative estimate of drug-likeness (QED) is 0.875. The number of carbonyl (C=O) groups excluding carboxylic acids is 1. The summed E-state index contributed by atoms with van der Waals surface area (Å²) in [6.07, 6.45) is 5.65. The number of carbonyl (C=O) groups is 1. The molecule has 4 nitrogen and oxygen atoms in total. The molecule has 3 aliphatic rings. The summed E-state index contributed by atoms with van der Waals surface area (Å²) in [6, 6.07) is 5.24. The molecule has 3 atom stereocenters. The minimum atomic E-state index is -0.299. The van der Waals surface area contributed by atoms with Crippen LogP contribution in [-0.4, -0.2) is 52.9 Å². The van der Waals surface area contributed by atoms with Gasteiger partial charge in [-0.2, -0.15) is 0 Å². The Balaban J connectivity index is 1.40. The lowest BCUT2D eigenvalue weighted by molar-refractivity contribution is 0.0755. The van der Waals surface area contributed by atoms with Gasteiger partial charge >= 0.3 is 0 Å². The van der Waals surface area contributed by atoms with Gasteiger partial charge in [-0.25, -0.2) is 4.39 Å². The van der Waals surface area contributed by atoms with Crippen LogP contribution in [0.1, 0.15) is 29.6 Å². The molecule has 126 valence electrons. The monoisotopic (exact) mass is 327 g/mol. The van der Waals surface area contributed by atoms with Gasteiger partial charge in [0.25, 0.3) is 5.91 Å². The Bertz CT molecular complexity index is 801. The summed E-state index contributed by atoms with van der Waals surface area (Å²) in [5.41, 5.74) is 1.42. The molecular weight excluding hydrogens is 305 g/mol. The summed E-state index contributed by atoms with van der Waals surface area (Å²) in [5.74, 6) is 0.978. The lowest BCUT2D eigenvalue weighted by Gasteiger charge is -2.33. The van der Waals surface area contributed by atoms with Crippen molar-refractivity contribution in [2.24, 2.45) is 11.8 Å². The van der Waals surface area contributed by atoms with Crippen molar-refractivity contribution in [1.82, 2.24) is 14.8 Å². The molecule has 1 amide bonds. The van der Waals surface area contributed by atoms with Crippen molar-refractivity contribution in [2.45, 2.75) is 25.3 Å². The Kier molecular flexibility index (Phi) is 3.20. The van der Waals surface area contributed by atoms with E-state index in [0.29, 0.717) is 28.8 Å². The predicted molar refractivity (Wildman–Crippen MR) is 90.4 cm³/mol. The van der Waals surface area contributed by atoms with Gasteiger partial charge in [0.1, 0.15) is 5.82 Å². The number of nitrogens with one attached hydrogen (secondary N) is 1. The van der Waals surface area contributed by atoms with E-state index in [-0.39, 0.29) is 11.7 Å². The summed E-state index contributed by atoms with van der Waals surface area (Å²) in [7, 11) is 0. The van der Waals surface area contributed by atoms with Gasteiger partial charge in [-0.3, -0.25) is 9.69 Å². The minimum Gasteiger partial charge on any atom is -0.360 e. The molecule has 2 aromatic rings. The highest BCUT2D eigenvalue weighted by Crippen LogP contribution is 2.40. The van der Waals surface area contributed by atoms with E-state index in [9.17, 15) is 9.18 Å². The number of hydrogen-bond donors (Lipinski definition) is 1. The van der Waals surface area contributed by atoms with E-state index in [0.717, 1.165) is 25.2 Å². The van der Waals surface area contributed by atoms with Crippen molar-refractivity contribution in [3.63, 3.8) is 0 Å². The summed E-state index contributed by atoms with van der Waals surface area (Å²) >= 11 is 0. The van der Waals surface area contributed by atoms with Crippen molar-refractivity contribution >= 4 is 16.8 Å². The second-order valence-corrected chi connectivity index (χ2v) is 7.58. The van der Waals surface area contributed by atoms with Crippen molar-refractivity contribution < 1.29 is 9.18 Å². The van der Waals surface area contributed by atoms with Gasteiger partial charge in [0.2, 0.25) is 0 Å². The number of benzene rings is 1. The maximum atomic E-state index is 13.6. The molecule has 3 saturated heterocycles. The SMILES string of the molecule is O=C(c1c[nH]c2ccc(F)cc12)N1C[C@@H]2CN3CCCC[C@@H]3[C@@H]2C1. The van der Waals surface area contributed by atoms with Gasteiger partial charge in [0.05, 0.1) is 5.56 Å². The van der Waals surface area contributed by atoms with Crippen LogP contribution in [-0.2, 0) is 0 Å². The van der Waals surface area contributed by atoms with Crippen molar-refractivity contribution in [2.75, 3.05) is 26.2 Å². The predicted octanol–water partition coefficient (Wildman–Crippen LogP) is 2.86. The molecule has 0 radical (unpaired) electrons. The minimum absolute atomic E-state index is 0.0450. The molecular formula is C19H22FN3O. The lowest BCUT2D eigenvalue weighted by Crippen LogP contribution is -2.40. The average Bonchev–Trinajstić information content (AvgIpc) is 3.25. The molecule has 3 aliphatic heterocycles. The maximum Gasteiger partial charge on any atom is 0.256 e. The highest BCUT2D eigenvalue weighted by Gasteiger charge is 2.48. The number of amides is 1. The van der Waals surface area contributed by atoms with Crippen LogP contribution < -0.4 is 0 Å². The topological polar surface area (TPSA) is 39.3 Å². The number of H-pyrrole nitrogens is 1. The van der Waals surface area contributed by atoms with Gasteiger partial charge in [-0.1, -0.05) is 6.42 Å². The normalized spacial score (nSPS) is 29.9. The third-order valence-electron chi connectivity index (χ3n) is 6.28. The first-order valence-corrected chi connectivity index (χ1v) is 9.00. The maximum absolute atomic E-state index is 13.6. The van der Waals surface area contributed by atoms with E-state index in [1.807, 2.05) is 4.90 Å². The van der Waals surface area contributed by atoms with E-state index in [1.165, 1.54) is 37.9 Å². The first-order valence-electron chi connectivity index (χ1n) is 9.00. The van der Waals surface area contributed by atoms with E-state index in [4.69, 9.17) is 0 Å². The Labute approximate surface area is 140 Å². The van der Waals surface area contributed by atoms with Crippen molar-refractivity contribution in [3.8, 4) is 0 Å². The number of fused-ring (bicyclic) bond motifs is 4. The summed E-state index contributed by atoms with van der Waals surface area (Å²) in [6.45, 7) is 4.07. The summed E-state index contributed by atoms with van der Waals surface area (Å²) in [4.78, 5) is 20.7. The molecule has 0 saturated carbocycles. The van der Waals surface area contributed by atoms with Crippen LogP contribution in [0.4, 0.5) is 4.39 Å². The van der Waals surface area contributed by atoms with Crippen LogP contribution >= 0.6 is 0 Å². The second kappa shape index (κ2) is 5.31. The van der Waals surface area contributed by atoms with E-state index >= 15 is 0 Å². The Morgan fingerprint density at radius 1 is 1.21 bits per heavy atom. The summed E-state index contributed by atoms with van der Waals surface area (Å²) < 4.78 is 13.6. The zero-order chi connectivity index (χ0) is 16.3. The molecule has 5 rings (SSSR count). The standard InChI is InChI=1S/C19H22FN3O/c20-13-4-5-17-14(7-13)15(8-21-17)19(24)23-10-12-9-22-6-2-1-3-18(22)16(12)11-23/h4-5,7-8,12,16,18,21H,1-3,6,9-11H2/t12-,16+,18+/m0/s1. The molecule has 0 aliphatic carbocycles. The van der Waals surface area contributed by atoms with Crippen molar-refractivity contribution in [3.05, 3.63) is 35.8 Å². The van der Waals surface area contributed by atoms with Gasteiger partial charge in [0.15, 0.2) is 0 Å². The zero-order valence-electron chi connectivity index (χ0n) is 13.7. The molecule has 0 unspecified atom stereocenters. The third kappa shape index (κ3) is 2.10. The van der Waals surface area contributed by atoms with E-state index in [1.54, 1.807) is 12.3 Å². The van der Waals surface area contributed by atoms with Crippen LogP contribution in [0.25, 0.3) is 10.9 Å². The van der Waals surface area contributed by atoms with Gasteiger partial charge in [0, 0.05) is 42.8 Å². The second-order valence-electron chi connectivity index (χ2n) is 7.58. The number of piperidine rings is 1. The molecule has 0 bridgehead atoms. The third-order valence-corrected chi connectivity index (χ3v) is 6.28. The highest BCUT2D eigenvalue weighted by molar-refractivity contribution is 6.06. The molecule has 1 aromatic carbocycles. The van der Waals surface area contributed by atoms with Crippen molar-refractivity contribution in [1.29, 1.82) is 0 Å². The highest BCUT2D eigenvalue weighted by atomic mass is 19.1. The van der Waals surface area contributed by atoms with Gasteiger partial charge in [-0.15, -0.1) is 0 Å². The van der Waals surface area contributed by atoms with Crippen LogP contribution in [0.5, 0.6) is 0 Å². The fourth-order valence-corrected chi connectivity index (χ4v) is 5.16. The molecule has 3 fully saturated rings. The fraction of sp³-hybridized carbons (Fsp3) is 0.526. The number of rotatable bonds is 1. The first-order chi connectivity index (χ1) is 11.7. The van der Waals surface area contributed by atoms with Crippen LogP contribution in [0.15, 0.2) is 24.4 Å². The van der Waals surface area contributed by atoms with E-state index in [2.05, 4.69) is 9.88 Å². The number of aromatic nitrogens is 1. The first kappa shape index (κ1) is 14.5. The number of likely N-dealkylation sites (tertiary alicyclic amines) is 1. The molecule has 0 spiro atoms. The number of aromatic amines is 1. The average molecular weight is 327 g/mol. The molecule has 1 aromatic heterocycles. The molecule has 5 heteroatoms. The number of halogens is 1. The van der Waals surface area contributed by atoms with Crippen LogP contribution in [0.2, 0.25) is 0 Å². The zero-order valence-corrected chi connectivity index (χ0v) is 13.7. The summed E-state index contributed by atoms with van der Waals surface area (Å²) in [5, 5.41) is 0.691. The molecule has 24 heavy (non-hydrogen) atoms. The number of nitrogens with zero attached hydrogens (tertiary/aromatic N) is 2. The number of hydrogen-bond acceptors (Lipinski definition) is 2. The molecule has 1 N–H and O–H groups in total. The van der Waals surface area contributed by atoms with E-state index < -0.39 is 0 Å². The van der Waals surface area contributed by atoms with Crippen LogP contribution in [0.3, 0.4) is 0 Å². The Morgan fingerprint density at radius 2 is 2.12 bits per heavy atom. The Hall–Kier alpha value is -1.88. The Morgan fingerprint density at radius 3 is 3.04 bits per heavy atom. The van der Waals surface area contributed by atoms with Crippen LogP contribution in [0, 0.1) is 17.7 Å². The van der Waals surface area contributed by atoms with Gasteiger partial charge in [-0.05, 0) is 49.4 Å². The fourth-order valence-electron chi connectivity index (χ4n) is 5.16. The smallest absolute Gasteiger partial charge is 0.256 e. The van der Waals surface area contributed by atoms with Gasteiger partial charge < -0.3 is 9.88 Å². The lowest BCUT2D eigenvalue weighted by atomic mass is 9.90. The largest absolute Gasteiger partial charge is 0.360 e. The molecule has 4 heterocycles.